The smallest absolute Gasteiger partial charge is 0.269 e. The number of methoxy groups -OCH3 is 1. The van der Waals surface area contributed by atoms with Crippen molar-refractivity contribution in [3.63, 3.8) is 0 Å². The number of para-hydroxylation sites is 1. The average Bonchev–Trinajstić information content (AvgIpc) is 3.36. The number of hydrogen-bond acceptors (Lipinski definition) is 8. The van der Waals surface area contributed by atoms with Crippen molar-refractivity contribution >= 4 is 28.9 Å². The number of aromatic hydroxyl groups is 1. The summed E-state index contributed by atoms with van der Waals surface area (Å²) in [4.78, 5) is 44.4. The fourth-order valence-corrected chi connectivity index (χ4v) is 4.41. The van der Waals surface area contributed by atoms with Gasteiger partial charge in [0.1, 0.15) is 5.92 Å². The summed E-state index contributed by atoms with van der Waals surface area (Å²) in [5, 5.41) is 22.6. The number of hydroxylamine groups is 1. The third-order valence-corrected chi connectivity index (χ3v) is 5.99. The van der Waals surface area contributed by atoms with Crippen LogP contribution >= 0.6 is 0 Å². The maximum Gasteiger partial charge on any atom is 0.269 e. The summed E-state index contributed by atoms with van der Waals surface area (Å²) in [7, 11) is 1.42. The normalized spacial score (nSPS) is 21.6. The van der Waals surface area contributed by atoms with Gasteiger partial charge in [0.2, 0.25) is 5.91 Å². The summed E-state index contributed by atoms with van der Waals surface area (Å²) >= 11 is 0. The van der Waals surface area contributed by atoms with Gasteiger partial charge < -0.3 is 9.84 Å². The summed E-state index contributed by atoms with van der Waals surface area (Å²) in [6.45, 7) is 0. The molecule has 3 aromatic rings. The number of carbonyl (C=O) groups is 2. The van der Waals surface area contributed by atoms with E-state index >= 15 is 0 Å². The predicted octanol–water partition coefficient (Wildman–Crippen LogP) is 3.36. The molecule has 2 aliphatic heterocycles. The van der Waals surface area contributed by atoms with Crippen LogP contribution in [-0.4, -0.2) is 35.1 Å². The number of phenolic OH excluding ortho intramolecular Hbond substituents is 1. The van der Waals surface area contributed by atoms with Crippen LogP contribution in [0.4, 0.5) is 17.1 Å². The van der Waals surface area contributed by atoms with Crippen LogP contribution in [0.5, 0.6) is 11.5 Å². The minimum atomic E-state index is -1.09. The number of nitro benzene ring substituents is 1. The Balaban J connectivity index is 1.57. The van der Waals surface area contributed by atoms with E-state index in [4.69, 9.17) is 9.57 Å². The molecule has 2 fully saturated rings. The van der Waals surface area contributed by atoms with Gasteiger partial charge in [-0.3, -0.25) is 24.5 Å². The number of carbonyl (C=O) groups excluding carboxylic acids is 2. The van der Waals surface area contributed by atoms with Gasteiger partial charge in [0.25, 0.3) is 11.6 Å². The van der Waals surface area contributed by atoms with Crippen molar-refractivity contribution in [2.45, 2.75) is 12.1 Å². The molecular weight excluding hydrogens is 442 g/mol. The number of benzene rings is 3. The lowest BCUT2D eigenvalue weighted by molar-refractivity contribution is -0.384. The summed E-state index contributed by atoms with van der Waals surface area (Å²) in [5.41, 5.74) is 1.34. The molecular formula is C24H19N3O7. The van der Waals surface area contributed by atoms with Crippen LogP contribution in [0.1, 0.15) is 11.6 Å². The molecule has 0 aliphatic carbocycles. The van der Waals surface area contributed by atoms with Crippen LogP contribution in [0, 0.1) is 16.0 Å². The SMILES string of the molecule is COc1cc([C@H]2[C@@H]3C(=O)N(c4ccc([N+](=O)[O-])cc4)C(=O)[C@H]3ON2c2ccccc2)ccc1O. The van der Waals surface area contributed by atoms with E-state index in [1.165, 1.54) is 42.5 Å². The van der Waals surface area contributed by atoms with Crippen molar-refractivity contribution in [1.29, 1.82) is 0 Å². The second-order valence-electron chi connectivity index (χ2n) is 7.87. The Hall–Kier alpha value is -4.44. The Labute approximate surface area is 193 Å². The number of imide groups is 1. The molecule has 3 aromatic carbocycles. The lowest BCUT2D eigenvalue weighted by atomic mass is 9.90. The van der Waals surface area contributed by atoms with Crippen molar-refractivity contribution in [2.24, 2.45) is 5.92 Å². The maximum atomic E-state index is 13.6. The van der Waals surface area contributed by atoms with E-state index < -0.39 is 34.8 Å². The van der Waals surface area contributed by atoms with E-state index in [0.29, 0.717) is 11.3 Å². The number of nitrogens with zero attached hydrogens (tertiary/aromatic N) is 3. The molecule has 3 atom stereocenters. The van der Waals surface area contributed by atoms with Gasteiger partial charge in [0.15, 0.2) is 17.6 Å². The second-order valence-corrected chi connectivity index (χ2v) is 7.87. The van der Waals surface area contributed by atoms with Crippen molar-refractivity contribution in [3.8, 4) is 11.5 Å². The highest BCUT2D eigenvalue weighted by Gasteiger charge is 2.60. The van der Waals surface area contributed by atoms with E-state index in [1.807, 2.05) is 18.2 Å². The number of hydrogen-bond donors (Lipinski definition) is 1. The summed E-state index contributed by atoms with van der Waals surface area (Å²) in [6, 6.07) is 18.3. The molecule has 2 aliphatic rings. The third-order valence-electron chi connectivity index (χ3n) is 5.99. The van der Waals surface area contributed by atoms with Crippen LogP contribution in [0.15, 0.2) is 72.8 Å². The standard InChI is InChI=1S/C24H19N3O7/c1-33-19-13-14(7-12-18(19)28)21-20-22(34-26(21)16-5-3-2-4-6-16)24(30)25(23(20)29)15-8-10-17(11-9-15)27(31)32/h2-13,20-22,28H,1H3/t20-,21-,22-/m0/s1. The molecule has 5 rings (SSSR count). The molecule has 34 heavy (non-hydrogen) atoms. The molecule has 0 bridgehead atoms. The van der Waals surface area contributed by atoms with Gasteiger partial charge in [0, 0.05) is 12.1 Å². The van der Waals surface area contributed by atoms with Gasteiger partial charge in [-0.1, -0.05) is 24.3 Å². The van der Waals surface area contributed by atoms with Gasteiger partial charge >= 0.3 is 0 Å². The highest BCUT2D eigenvalue weighted by Crippen LogP contribution is 2.48. The van der Waals surface area contributed by atoms with Crippen LogP contribution in [0.3, 0.4) is 0 Å². The Bertz CT molecular complexity index is 1280. The molecule has 10 heteroatoms. The van der Waals surface area contributed by atoms with E-state index in [-0.39, 0.29) is 22.9 Å². The first kappa shape index (κ1) is 21.4. The highest BCUT2D eigenvalue weighted by molar-refractivity contribution is 6.24. The zero-order chi connectivity index (χ0) is 24.0. The first-order valence-corrected chi connectivity index (χ1v) is 10.4. The number of ether oxygens (including phenoxy) is 1. The van der Waals surface area contributed by atoms with Crippen LogP contribution < -0.4 is 14.7 Å². The van der Waals surface area contributed by atoms with Crippen molar-refractivity contribution < 1.29 is 29.2 Å². The van der Waals surface area contributed by atoms with E-state index in [0.717, 1.165) is 4.90 Å². The van der Waals surface area contributed by atoms with Gasteiger partial charge in [0.05, 0.1) is 29.4 Å². The average molecular weight is 461 g/mol. The summed E-state index contributed by atoms with van der Waals surface area (Å²) < 4.78 is 5.24. The van der Waals surface area contributed by atoms with Crippen LogP contribution in [0.2, 0.25) is 0 Å². The van der Waals surface area contributed by atoms with Gasteiger partial charge in [-0.25, -0.2) is 9.96 Å². The Morgan fingerprint density at radius 1 is 0.971 bits per heavy atom. The Morgan fingerprint density at radius 3 is 2.32 bits per heavy atom. The summed E-state index contributed by atoms with van der Waals surface area (Å²) in [6.07, 6.45) is -1.09. The molecule has 0 spiro atoms. The fourth-order valence-electron chi connectivity index (χ4n) is 4.41. The molecule has 0 unspecified atom stereocenters. The Kier molecular flexibility index (Phi) is 5.14. The minimum Gasteiger partial charge on any atom is -0.504 e. The van der Waals surface area contributed by atoms with Crippen molar-refractivity contribution in [1.82, 2.24) is 0 Å². The number of fused-ring (bicyclic) bond motifs is 1. The van der Waals surface area contributed by atoms with Gasteiger partial charge in [-0.15, -0.1) is 0 Å². The first-order valence-electron chi connectivity index (χ1n) is 10.4. The molecule has 0 radical (unpaired) electrons. The number of anilines is 2. The van der Waals surface area contributed by atoms with E-state index in [9.17, 15) is 24.8 Å². The molecule has 2 amide bonds. The van der Waals surface area contributed by atoms with Crippen LogP contribution in [0.25, 0.3) is 0 Å². The number of phenols is 1. The fraction of sp³-hybridized carbons (Fsp3) is 0.167. The molecule has 0 aromatic heterocycles. The quantitative estimate of drug-likeness (QED) is 0.349. The molecule has 1 N–H and O–H groups in total. The number of amides is 2. The van der Waals surface area contributed by atoms with Crippen molar-refractivity contribution in [2.75, 3.05) is 17.1 Å². The molecule has 2 saturated heterocycles. The van der Waals surface area contributed by atoms with E-state index in [1.54, 1.807) is 24.3 Å². The van der Waals surface area contributed by atoms with Crippen molar-refractivity contribution in [3.05, 3.63) is 88.5 Å². The number of nitro groups is 1. The summed E-state index contributed by atoms with van der Waals surface area (Å²) in [5.74, 6) is -1.78. The molecule has 0 saturated carbocycles. The molecule has 2 heterocycles. The van der Waals surface area contributed by atoms with E-state index in [2.05, 4.69) is 0 Å². The van der Waals surface area contributed by atoms with Gasteiger partial charge in [-0.05, 0) is 42.0 Å². The zero-order valence-electron chi connectivity index (χ0n) is 17.9. The molecule has 172 valence electrons. The first-order chi connectivity index (χ1) is 16.4. The Morgan fingerprint density at radius 2 is 1.68 bits per heavy atom. The number of non-ortho nitro benzene ring substituents is 1. The third kappa shape index (κ3) is 3.32. The highest BCUT2D eigenvalue weighted by atomic mass is 16.7. The lowest BCUT2D eigenvalue weighted by Gasteiger charge is -2.29. The maximum absolute atomic E-state index is 13.6. The lowest BCUT2D eigenvalue weighted by Crippen LogP contribution is -2.37. The van der Waals surface area contributed by atoms with Gasteiger partial charge in [-0.2, -0.15) is 0 Å². The largest absolute Gasteiger partial charge is 0.504 e. The monoisotopic (exact) mass is 461 g/mol. The predicted molar refractivity (Wildman–Crippen MR) is 120 cm³/mol. The molecule has 10 nitrogen and oxygen atoms in total. The number of rotatable bonds is 5. The van der Waals surface area contributed by atoms with Crippen LogP contribution in [-0.2, 0) is 14.4 Å². The second kappa shape index (κ2) is 8.16. The topological polar surface area (TPSA) is 122 Å². The minimum absolute atomic E-state index is 0.0608. The zero-order valence-corrected chi connectivity index (χ0v) is 17.9.